The number of carbonyl (C=O) groups excluding carboxylic acids is 1. The Hall–Kier alpha value is -2.56. The topological polar surface area (TPSA) is 113 Å². The molecule has 1 amide bonds. The molecule has 0 bridgehead atoms. The molecule has 1 aliphatic rings. The fraction of sp³-hybridized carbons (Fsp3) is 0.435. The zero-order chi connectivity index (χ0) is 29.6. The minimum atomic E-state index is -6.14. The standard InChI is InChI=1S/C23H24F7N3O4S2/c1-20(2,31)12-32-19(34)10-15-11-38-18-9-13(21(35,22(25,26)27)23(28,29)30)3-8-17(18)33(15)39(36,37)16-6-4-14(24)5-7-16/h3-9,15,35H,10-12,31H2,1-2H3,(H,32,34). The minimum absolute atomic E-state index is 0.0316. The average Bonchev–Trinajstić information content (AvgIpc) is 2.80. The van der Waals surface area contributed by atoms with Crippen molar-refractivity contribution < 1.29 is 49.1 Å². The fourth-order valence-electron chi connectivity index (χ4n) is 3.78. The Bertz CT molecular complexity index is 1310. The minimum Gasteiger partial charge on any atom is -0.369 e. The number of aliphatic hydroxyl groups is 1. The van der Waals surface area contributed by atoms with Crippen LogP contribution in [0.5, 0.6) is 0 Å². The number of hydrogen-bond acceptors (Lipinski definition) is 6. The van der Waals surface area contributed by atoms with Gasteiger partial charge in [0.25, 0.3) is 15.6 Å². The normalized spacial score (nSPS) is 17.1. The number of carbonyl (C=O) groups is 1. The number of sulfonamides is 1. The van der Waals surface area contributed by atoms with Crippen molar-refractivity contribution in [2.75, 3.05) is 16.6 Å². The maximum Gasteiger partial charge on any atom is 0.430 e. The molecule has 1 aliphatic heterocycles. The molecular weight excluding hydrogens is 579 g/mol. The number of anilines is 1. The fourth-order valence-corrected chi connectivity index (χ4v) is 6.76. The summed E-state index contributed by atoms with van der Waals surface area (Å²) in [6.45, 7) is 3.29. The van der Waals surface area contributed by atoms with E-state index in [1.54, 1.807) is 13.8 Å². The van der Waals surface area contributed by atoms with Gasteiger partial charge in [-0.05, 0) is 50.2 Å². The summed E-state index contributed by atoms with van der Waals surface area (Å²) >= 11 is 0.715. The summed E-state index contributed by atoms with van der Waals surface area (Å²) in [6, 6.07) is 3.89. The molecule has 2 aromatic carbocycles. The third-order valence-corrected chi connectivity index (χ3v) is 8.80. The summed E-state index contributed by atoms with van der Waals surface area (Å²) in [7, 11) is -4.59. The smallest absolute Gasteiger partial charge is 0.369 e. The van der Waals surface area contributed by atoms with Crippen molar-refractivity contribution in [2.45, 2.75) is 59.6 Å². The summed E-state index contributed by atoms with van der Waals surface area (Å²) < 4.78 is 122. The Morgan fingerprint density at radius 1 is 1.08 bits per heavy atom. The van der Waals surface area contributed by atoms with Gasteiger partial charge in [0.1, 0.15) is 5.82 Å². The van der Waals surface area contributed by atoms with Gasteiger partial charge in [0.15, 0.2) is 0 Å². The molecule has 0 saturated carbocycles. The highest BCUT2D eigenvalue weighted by Crippen LogP contribution is 2.52. The van der Waals surface area contributed by atoms with Gasteiger partial charge in [0.05, 0.1) is 16.6 Å². The first-order valence-corrected chi connectivity index (χ1v) is 13.6. The van der Waals surface area contributed by atoms with E-state index in [1.807, 2.05) is 0 Å². The first-order valence-electron chi connectivity index (χ1n) is 11.2. The first-order chi connectivity index (χ1) is 17.7. The molecule has 1 heterocycles. The Morgan fingerprint density at radius 3 is 2.15 bits per heavy atom. The maximum absolute atomic E-state index is 13.6. The molecule has 7 nitrogen and oxygen atoms in total. The highest BCUT2D eigenvalue weighted by Gasteiger charge is 2.71. The van der Waals surface area contributed by atoms with Crippen LogP contribution in [0.3, 0.4) is 0 Å². The summed E-state index contributed by atoms with van der Waals surface area (Å²) in [6.07, 6.45) is -12.7. The number of nitrogens with two attached hydrogens (primary N) is 1. The number of rotatable bonds is 7. The van der Waals surface area contributed by atoms with E-state index in [9.17, 15) is 49.1 Å². The van der Waals surface area contributed by atoms with Crippen LogP contribution in [-0.2, 0) is 20.4 Å². The van der Waals surface area contributed by atoms with Crippen molar-refractivity contribution in [3.63, 3.8) is 0 Å². The molecule has 1 atom stereocenters. The highest BCUT2D eigenvalue weighted by molar-refractivity contribution is 8.00. The molecule has 0 aliphatic carbocycles. The van der Waals surface area contributed by atoms with Crippen molar-refractivity contribution >= 4 is 33.4 Å². The second-order valence-electron chi connectivity index (χ2n) is 9.58. The van der Waals surface area contributed by atoms with Crippen LogP contribution in [0.1, 0.15) is 25.8 Å². The van der Waals surface area contributed by atoms with E-state index >= 15 is 0 Å². The van der Waals surface area contributed by atoms with E-state index in [0.29, 0.717) is 34.3 Å². The molecule has 0 spiro atoms. The molecule has 3 rings (SSSR count). The van der Waals surface area contributed by atoms with Crippen LogP contribution in [-0.4, -0.2) is 55.7 Å². The van der Waals surface area contributed by atoms with Gasteiger partial charge in [0, 0.05) is 34.7 Å². The number of hydrogen-bond donors (Lipinski definition) is 3. The molecular formula is C23H24F7N3O4S2. The van der Waals surface area contributed by atoms with Crippen LogP contribution in [0.25, 0.3) is 0 Å². The molecule has 216 valence electrons. The lowest BCUT2D eigenvalue weighted by molar-refractivity contribution is -0.376. The number of amides is 1. The van der Waals surface area contributed by atoms with E-state index in [0.717, 1.165) is 24.3 Å². The molecule has 1 unspecified atom stereocenters. The lowest BCUT2D eigenvalue weighted by atomic mass is 9.92. The number of nitrogens with zero attached hydrogens (tertiary/aromatic N) is 1. The SMILES string of the molecule is CC(C)(N)CNC(=O)CC1CSc2cc(C(O)(C(F)(F)F)C(F)(F)F)ccc2N1S(=O)(=O)c1ccc(F)cc1. The monoisotopic (exact) mass is 603 g/mol. The van der Waals surface area contributed by atoms with Gasteiger partial charge in [-0.1, -0.05) is 6.07 Å². The highest BCUT2D eigenvalue weighted by atomic mass is 32.2. The van der Waals surface area contributed by atoms with Crippen LogP contribution in [0.4, 0.5) is 36.4 Å². The summed E-state index contributed by atoms with van der Waals surface area (Å²) in [4.78, 5) is 11.9. The zero-order valence-electron chi connectivity index (χ0n) is 20.4. The number of thioether (sulfide) groups is 1. The number of fused-ring (bicyclic) bond motifs is 1. The van der Waals surface area contributed by atoms with E-state index < -0.39 is 68.2 Å². The number of benzene rings is 2. The maximum atomic E-state index is 13.6. The van der Waals surface area contributed by atoms with Crippen LogP contribution >= 0.6 is 11.8 Å². The largest absolute Gasteiger partial charge is 0.430 e. The third-order valence-electron chi connectivity index (χ3n) is 5.73. The summed E-state index contributed by atoms with van der Waals surface area (Å²) in [5.41, 5.74) is -2.06. The zero-order valence-corrected chi connectivity index (χ0v) is 22.0. The van der Waals surface area contributed by atoms with E-state index in [2.05, 4.69) is 5.32 Å². The second-order valence-corrected chi connectivity index (χ2v) is 12.5. The third kappa shape index (κ3) is 6.28. The van der Waals surface area contributed by atoms with E-state index in [4.69, 9.17) is 5.73 Å². The van der Waals surface area contributed by atoms with Crippen molar-refractivity contribution in [3.8, 4) is 0 Å². The Morgan fingerprint density at radius 2 is 1.64 bits per heavy atom. The van der Waals surface area contributed by atoms with Gasteiger partial charge in [0.2, 0.25) is 5.91 Å². The predicted molar refractivity (Wildman–Crippen MR) is 129 cm³/mol. The number of alkyl halides is 6. The molecule has 0 fully saturated rings. The van der Waals surface area contributed by atoms with Gasteiger partial charge in [-0.2, -0.15) is 26.3 Å². The predicted octanol–water partition coefficient (Wildman–Crippen LogP) is 4.05. The van der Waals surface area contributed by atoms with Crippen molar-refractivity contribution in [3.05, 3.63) is 53.8 Å². The Kier molecular flexibility index (Phi) is 8.30. The van der Waals surface area contributed by atoms with Gasteiger partial charge < -0.3 is 16.2 Å². The van der Waals surface area contributed by atoms with Gasteiger partial charge in [-0.25, -0.2) is 12.8 Å². The van der Waals surface area contributed by atoms with Crippen LogP contribution in [0.15, 0.2) is 52.3 Å². The lowest BCUT2D eigenvalue weighted by Gasteiger charge is -2.38. The van der Waals surface area contributed by atoms with E-state index in [-0.39, 0.29) is 22.9 Å². The lowest BCUT2D eigenvalue weighted by Crippen LogP contribution is -2.54. The van der Waals surface area contributed by atoms with Crippen molar-refractivity contribution in [1.82, 2.24) is 5.32 Å². The summed E-state index contributed by atoms with van der Waals surface area (Å²) in [5, 5.41) is 12.3. The summed E-state index contributed by atoms with van der Waals surface area (Å²) in [5.74, 6) is -1.61. The van der Waals surface area contributed by atoms with Crippen molar-refractivity contribution in [1.29, 1.82) is 0 Å². The van der Waals surface area contributed by atoms with Crippen LogP contribution in [0, 0.1) is 5.82 Å². The van der Waals surface area contributed by atoms with Crippen LogP contribution in [0.2, 0.25) is 0 Å². The van der Waals surface area contributed by atoms with E-state index in [1.165, 1.54) is 0 Å². The second kappa shape index (κ2) is 10.4. The Balaban J connectivity index is 2.12. The molecule has 0 radical (unpaired) electrons. The van der Waals surface area contributed by atoms with Gasteiger partial charge in [-0.3, -0.25) is 9.10 Å². The molecule has 2 aromatic rings. The quantitative estimate of drug-likeness (QED) is 0.412. The average molecular weight is 604 g/mol. The first kappa shape index (κ1) is 31.0. The number of nitrogens with one attached hydrogen (secondary N) is 1. The van der Waals surface area contributed by atoms with Crippen LogP contribution < -0.4 is 15.4 Å². The van der Waals surface area contributed by atoms with Gasteiger partial charge in [-0.15, -0.1) is 11.8 Å². The van der Waals surface area contributed by atoms with Crippen molar-refractivity contribution in [2.24, 2.45) is 5.73 Å². The van der Waals surface area contributed by atoms with Gasteiger partial charge >= 0.3 is 12.4 Å². The molecule has 0 saturated heterocycles. The molecule has 0 aromatic heterocycles. The molecule has 4 N–H and O–H groups in total. The molecule has 39 heavy (non-hydrogen) atoms. The molecule has 16 heteroatoms. The number of halogens is 7. The Labute approximate surface area is 223 Å².